The van der Waals surface area contributed by atoms with Crippen molar-refractivity contribution in [3.63, 3.8) is 0 Å². The van der Waals surface area contributed by atoms with Crippen LogP contribution in [0.2, 0.25) is 0 Å². The van der Waals surface area contributed by atoms with Gasteiger partial charge in [0.05, 0.1) is 10.6 Å². The summed E-state index contributed by atoms with van der Waals surface area (Å²) in [6, 6.07) is 7.98. The molecule has 0 bridgehead atoms. The number of para-hydroxylation sites is 1. The van der Waals surface area contributed by atoms with E-state index in [-0.39, 0.29) is 16.5 Å². The molecule has 0 aliphatic rings. The second-order valence-corrected chi connectivity index (χ2v) is 7.28. The molecule has 1 aromatic carbocycles. The zero-order valence-corrected chi connectivity index (χ0v) is 13.3. The van der Waals surface area contributed by atoms with Crippen LogP contribution in [0.3, 0.4) is 0 Å². The summed E-state index contributed by atoms with van der Waals surface area (Å²) in [7, 11) is -1.66. The van der Waals surface area contributed by atoms with E-state index >= 15 is 0 Å². The maximum Gasteiger partial charge on any atom is 0.272 e. The molecule has 1 amide bonds. The van der Waals surface area contributed by atoms with Gasteiger partial charge in [-0.3, -0.25) is 4.79 Å². The number of nitrogens with one attached hydrogen (secondary N) is 1. The number of sulfone groups is 1. The third kappa shape index (κ3) is 3.10. The van der Waals surface area contributed by atoms with Crippen molar-refractivity contribution in [2.24, 2.45) is 7.05 Å². The first kappa shape index (κ1) is 14.8. The van der Waals surface area contributed by atoms with Crippen LogP contribution in [0.4, 0.5) is 5.69 Å². The number of carbonyl (C=O) groups is 1. The molecule has 106 valence electrons. The summed E-state index contributed by atoms with van der Waals surface area (Å²) in [6.45, 7) is 0. The van der Waals surface area contributed by atoms with Crippen molar-refractivity contribution in [1.82, 2.24) is 4.57 Å². The molecule has 20 heavy (non-hydrogen) atoms. The average Bonchev–Trinajstić information content (AvgIpc) is 2.68. The van der Waals surface area contributed by atoms with Gasteiger partial charge in [-0.05, 0) is 34.1 Å². The standard InChI is InChI=1S/C13H13BrN2O3S/c1-16-8-9(14)7-11(16)13(17)15-10-5-3-4-6-12(10)20(2,18)19/h3-8H,1-2H3,(H,15,17). The predicted molar refractivity (Wildman–Crippen MR) is 80.6 cm³/mol. The van der Waals surface area contributed by atoms with Crippen LogP contribution in [0.15, 0.2) is 45.9 Å². The molecule has 0 unspecified atom stereocenters. The first-order valence-electron chi connectivity index (χ1n) is 5.71. The van der Waals surface area contributed by atoms with E-state index in [0.717, 1.165) is 10.7 Å². The van der Waals surface area contributed by atoms with E-state index in [0.29, 0.717) is 5.69 Å². The van der Waals surface area contributed by atoms with Gasteiger partial charge >= 0.3 is 0 Å². The van der Waals surface area contributed by atoms with E-state index in [1.807, 2.05) is 0 Å². The first-order chi connectivity index (χ1) is 9.29. The van der Waals surface area contributed by atoms with Gasteiger partial charge in [-0.1, -0.05) is 12.1 Å². The van der Waals surface area contributed by atoms with Gasteiger partial charge in [0, 0.05) is 24.0 Å². The number of amides is 1. The van der Waals surface area contributed by atoms with Gasteiger partial charge in [-0.2, -0.15) is 0 Å². The maximum atomic E-state index is 12.2. The summed E-state index contributed by atoms with van der Waals surface area (Å²) in [5.41, 5.74) is 0.706. The van der Waals surface area contributed by atoms with Gasteiger partial charge in [0.1, 0.15) is 5.69 Å². The van der Waals surface area contributed by atoms with E-state index in [1.54, 1.807) is 42.1 Å². The smallest absolute Gasteiger partial charge is 0.272 e. The number of benzene rings is 1. The van der Waals surface area contributed by atoms with E-state index in [9.17, 15) is 13.2 Å². The fraction of sp³-hybridized carbons (Fsp3) is 0.154. The Hall–Kier alpha value is -1.60. The highest BCUT2D eigenvalue weighted by molar-refractivity contribution is 9.10. The Bertz CT molecular complexity index is 766. The van der Waals surface area contributed by atoms with Crippen LogP contribution in [-0.4, -0.2) is 25.1 Å². The Labute approximate surface area is 125 Å². The third-order valence-corrected chi connectivity index (χ3v) is 4.33. The molecule has 5 nitrogen and oxygen atoms in total. The number of hydrogen-bond donors (Lipinski definition) is 1. The number of carbonyl (C=O) groups excluding carboxylic acids is 1. The molecule has 0 spiro atoms. The van der Waals surface area contributed by atoms with Crippen molar-refractivity contribution < 1.29 is 13.2 Å². The zero-order chi connectivity index (χ0) is 14.9. The van der Waals surface area contributed by atoms with Crippen molar-refractivity contribution >= 4 is 37.4 Å². The number of hydrogen-bond acceptors (Lipinski definition) is 3. The molecule has 1 aromatic heterocycles. The summed E-state index contributed by atoms with van der Waals surface area (Å²) >= 11 is 3.29. The van der Waals surface area contributed by atoms with Crippen molar-refractivity contribution in [3.05, 3.63) is 46.7 Å². The normalized spacial score (nSPS) is 11.3. The van der Waals surface area contributed by atoms with Crippen LogP contribution in [0.25, 0.3) is 0 Å². The lowest BCUT2D eigenvalue weighted by Crippen LogP contribution is -2.17. The minimum atomic E-state index is -3.40. The first-order valence-corrected chi connectivity index (χ1v) is 8.40. The molecule has 2 aromatic rings. The van der Waals surface area contributed by atoms with E-state index in [2.05, 4.69) is 21.2 Å². The quantitative estimate of drug-likeness (QED) is 0.918. The largest absolute Gasteiger partial charge is 0.345 e. The number of aromatic nitrogens is 1. The van der Waals surface area contributed by atoms with Crippen LogP contribution in [-0.2, 0) is 16.9 Å². The molecule has 2 rings (SSSR count). The molecule has 1 heterocycles. The van der Waals surface area contributed by atoms with Crippen LogP contribution in [0, 0.1) is 0 Å². The molecule has 0 atom stereocenters. The molecule has 0 aliphatic heterocycles. The predicted octanol–water partition coefficient (Wildman–Crippen LogP) is 2.44. The van der Waals surface area contributed by atoms with Gasteiger partial charge < -0.3 is 9.88 Å². The fourth-order valence-electron chi connectivity index (χ4n) is 1.83. The summed E-state index contributed by atoms with van der Waals surface area (Å²) in [5, 5.41) is 2.63. The van der Waals surface area contributed by atoms with E-state index in [1.165, 1.54) is 6.07 Å². The van der Waals surface area contributed by atoms with E-state index < -0.39 is 9.84 Å². The summed E-state index contributed by atoms with van der Waals surface area (Å²) in [4.78, 5) is 12.3. The Morgan fingerprint density at radius 1 is 1.30 bits per heavy atom. The number of anilines is 1. The van der Waals surface area contributed by atoms with Gasteiger partial charge in [0.25, 0.3) is 5.91 Å². The molecule has 0 saturated heterocycles. The maximum absolute atomic E-state index is 12.2. The highest BCUT2D eigenvalue weighted by atomic mass is 79.9. The Morgan fingerprint density at radius 2 is 1.95 bits per heavy atom. The van der Waals surface area contributed by atoms with Gasteiger partial charge in [-0.25, -0.2) is 8.42 Å². The molecular formula is C13H13BrN2O3S. The molecule has 1 N–H and O–H groups in total. The van der Waals surface area contributed by atoms with Crippen LogP contribution >= 0.6 is 15.9 Å². The highest BCUT2D eigenvalue weighted by Crippen LogP contribution is 2.22. The molecule has 0 aliphatic carbocycles. The number of nitrogens with zero attached hydrogens (tertiary/aromatic N) is 1. The van der Waals surface area contributed by atoms with E-state index in [4.69, 9.17) is 0 Å². The van der Waals surface area contributed by atoms with Crippen molar-refractivity contribution in [2.75, 3.05) is 11.6 Å². The van der Waals surface area contributed by atoms with Gasteiger partial charge in [0.15, 0.2) is 9.84 Å². The third-order valence-electron chi connectivity index (χ3n) is 2.74. The second kappa shape index (κ2) is 5.41. The van der Waals surface area contributed by atoms with Gasteiger partial charge in [0.2, 0.25) is 0 Å². The van der Waals surface area contributed by atoms with Crippen LogP contribution < -0.4 is 5.32 Å². The number of aryl methyl sites for hydroxylation is 1. The lowest BCUT2D eigenvalue weighted by molar-refractivity contribution is 0.101. The highest BCUT2D eigenvalue weighted by Gasteiger charge is 2.17. The Balaban J connectivity index is 2.36. The fourth-order valence-corrected chi connectivity index (χ4v) is 3.20. The van der Waals surface area contributed by atoms with Crippen LogP contribution in [0.5, 0.6) is 0 Å². The molecule has 7 heteroatoms. The second-order valence-electron chi connectivity index (χ2n) is 4.38. The van der Waals surface area contributed by atoms with Crippen molar-refractivity contribution in [2.45, 2.75) is 4.90 Å². The molecule has 0 saturated carbocycles. The van der Waals surface area contributed by atoms with Crippen molar-refractivity contribution in [3.8, 4) is 0 Å². The number of halogens is 1. The summed E-state index contributed by atoms with van der Waals surface area (Å²) in [5.74, 6) is -0.366. The van der Waals surface area contributed by atoms with Crippen molar-refractivity contribution in [1.29, 1.82) is 0 Å². The monoisotopic (exact) mass is 356 g/mol. The minimum Gasteiger partial charge on any atom is -0.345 e. The molecular weight excluding hydrogens is 344 g/mol. The van der Waals surface area contributed by atoms with Crippen LogP contribution in [0.1, 0.15) is 10.5 Å². The zero-order valence-electron chi connectivity index (χ0n) is 10.9. The molecule has 0 radical (unpaired) electrons. The lowest BCUT2D eigenvalue weighted by atomic mass is 10.3. The Morgan fingerprint density at radius 3 is 2.50 bits per heavy atom. The number of rotatable bonds is 3. The SMILES string of the molecule is Cn1cc(Br)cc1C(=O)Nc1ccccc1S(C)(=O)=O. The Kier molecular flexibility index (Phi) is 4.01. The minimum absolute atomic E-state index is 0.0987. The topological polar surface area (TPSA) is 68.2 Å². The summed E-state index contributed by atoms with van der Waals surface area (Å²) in [6.07, 6.45) is 2.86. The summed E-state index contributed by atoms with van der Waals surface area (Å²) < 4.78 is 25.8. The van der Waals surface area contributed by atoms with Gasteiger partial charge in [-0.15, -0.1) is 0 Å². The average molecular weight is 357 g/mol. The molecule has 0 fully saturated rings. The lowest BCUT2D eigenvalue weighted by Gasteiger charge is -2.10.